The van der Waals surface area contributed by atoms with Gasteiger partial charge in [-0.15, -0.1) is 0 Å². The van der Waals surface area contributed by atoms with Crippen LogP contribution in [0.1, 0.15) is 56.8 Å². The number of carboxylic acids is 1. The quantitative estimate of drug-likeness (QED) is 0.388. The van der Waals surface area contributed by atoms with Crippen LogP contribution in [-0.4, -0.2) is 38.9 Å². The van der Waals surface area contributed by atoms with Crippen LogP contribution in [0.4, 0.5) is 0 Å². The SMILES string of the molecule is O=C(O)c1ccc2c(c1)C(=O)N(CC1CCCC(Cn3c(=O)c4cc5c(=O)oc(=O)c5cc4c3=O)C1)C2=O. The third-order valence-electron chi connectivity index (χ3n) is 7.72. The molecule has 2 aromatic heterocycles. The van der Waals surface area contributed by atoms with Crippen LogP contribution in [-0.2, 0) is 6.54 Å². The minimum absolute atomic E-state index is 0.0362. The molecule has 0 spiro atoms. The molecule has 2 aromatic carbocycles. The van der Waals surface area contributed by atoms with E-state index in [0.717, 1.165) is 28.7 Å². The predicted octanol–water partition coefficient (Wildman–Crippen LogP) is 1.50. The number of carbonyl (C=O) groups is 3. The van der Waals surface area contributed by atoms with E-state index in [1.807, 2.05) is 0 Å². The number of rotatable bonds is 5. The lowest BCUT2D eigenvalue weighted by atomic mass is 9.81. The third-order valence-corrected chi connectivity index (χ3v) is 7.72. The van der Waals surface area contributed by atoms with Crippen molar-refractivity contribution >= 4 is 39.3 Å². The highest BCUT2D eigenvalue weighted by Crippen LogP contribution is 2.33. The van der Waals surface area contributed by atoms with E-state index in [1.54, 1.807) is 0 Å². The van der Waals surface area contributed by atoms with Gasteiger partial charge >= 0.3 is 17.2 Å². The molecule has 11 heteroatoms. The van der Waals surface area contributed by atoms with Crippen LogP contribution in [0, 0.1) is 11.8 Å². The number of furan rings is 1. The number of fused-ring (bicyclic) bond motifs is 3. The Balaban J connectivity index is 1.23. The maximum atomic E-state index is 13.0. The number of imide groups is 1. The van der Waals surface area contributed by atoms with Gasteiger partial charge in [0.05, 0.1) is 38.2 Å². The second-order valence-electron chi connectivity index (χ2n) is 10.0. The Morgan fingerprint density at radius 1 is 0.789 bits per heavy atom. The first kappa shape index (κ1) is 23.7. The van der Waals surface area contributed by atoms with E-state index in [-0.39, 0.29) is 63.2 Å². The van der Waals surface area contributed by atoms with Crippen LogP contribution in [0.15, 0.2) is 53.9 Å². The van der Waals surface area contributed by atoms with Gasteiger partial charge in [-0.2, -0.15) is 0 Å². The van der Waals surface area contributed by atoms with E-state index < -0.39 is 40.2 Å². The maximum Gasteiger partial charge on any atom is 0.346 e. The lowest BCUT2D eigenvalue weighted by Crippen LogP contribution is -2.37. The molecule has 1 N–H and O–H groups in total. The van der Waals surface area contributed by atoms with Gasteiger partial charge in [-0.25, -0.2) is 14.4 Å². The molecule has 2 aliphatic rings. The van der Waals surface area contributed by atoms with Crippen molar-refractivity contribution in [2.75, 3.05) is 6.54 Å². The smallest absolute Gasteiger partial charge is 0.346 e. The van der Waals surface area contributed by atoms with Crippen LogP contribution in [0.2, 0.25) is 0 Å². The van der Waals surface area contributed by atoms with E-state index in [2.05, 4.69) is 4.42 Å². The van der Waals surface area contributed by atoms with Crippen molar-refractivity contribution in [1.82, 2.24) is 9.47 Å². The maximum absolute atomic E-state index is 13.0. The van der Waals surface area contributed by atoms with E-state index >= 15 is 0 Å². The summed E-state index contributed by atoms with van der Waals surface area (Å²) in [6.07, 6.45) is 2.85. The Hall–Kier alpha value is -4.67. The molecule has 1 fully saturated rings. The van der Waals surface area contributed by atoms with Crippen LogP contribution in [0.5, 0.6) is 0 Å². The van der Waals surface area contributed by atoms with E-state index in [1.165, 1.54) is 30.3 Å². The number of amides is 2. The lowest BCUT2D eigenvalue weighted by molar-refractivity contribution is 0.0602. The molecule has 2 atom stereocenters. The zero-order chi connectivity index (χ0) is 26.9. The fourth-order valence-electron chi connectivity index (χ4n) is 5.87. The molecular formula is C27H20N2O9. The number of aromatic carboxylic acids is 1. The minimum Gasteiger partial charge on any atom is -0.478 e. The number of nitrogens with zero attached hydrogens (tertiary/aromatic N) is 2. The lowest BCUT2D eigenvalue weighted by Gasteiger charge is -2.31. The Labute approximate surface area is 212 Å². The molecule has 4 aromatic rings. The molecule has 1 aliphatic carbocycles. The molecule has 11 nitrogen and oxygen atoms in total. The summed E-state index contributed by atoms with van der Waals surface area (Å²) >= 11 is 0. The highest BCUT2D eigenvalue weighted by molar-refractivity contribution is 6.21. The zero-order valence-corrected chi connectivity index (χ0v) is 19.9. The first-order valence-electron chi connectivity index (χ1n) is 12.2. The van der Waals surface area contributed by atoms with Crippen LogP contribution < -0.4 is 22.4 Å². The topological polar surface area (TPSA) is 161 Å². The largest absolute Gasteiger partial charge is 0.478 e. The molecule has 3 heterocycles. The second-order valence-corrected chi connectivity index (χ2v) is 10.0. The van der Waals surface area contributed by atoms with Crippen molar-refractivity contribution in [1.29, 1.82) is 0 Å². The van der Waals surface area contributed by atoms with Gasteiger partial charge in [-0.3, -0.25) is 28.6 Å². The summed E-state index contributed by atoms with van der Waals surface area (Å²) in [6.45, 7) is 0.292. The highest BCUT2D eigenvalue weighted by atomic mass is 16.4. The molecule has 0 saturated heterocycles. The summed E-state index contributed by atoms with van der Waals surface area (Å²) in [5.41, 5.74) is -2.62. The molecule has 192 valence electrons. The fourth-order valence-corrected chi connectivity index (χ4v) is 5.87. The Kier molecular flexibility index (Phi) is 5.26. The molecule has 0 bridgehead atoms. The Bertz CT molecular complexity index is 1830. The van der Waals surface area contributed by atoms with E-state index in [0.29, 0.717) is 6.42 Å². The molecular weight excluding hydrogens is 496 g/mol. The van der Waals surface area contributed by atoms with Gasteiger partial charge < -0.3 is 9.52 Å². The first-order valence-corrected chi connectivity index (χ1v) is 12.2. The van der Waals surface area contributed by atoms with Crippen molar-refractivity contribution in [3.05, 3.63) is 88.6 Å². The van der Waals surface area contributed by atoms with Crippen molar-refractivity contribution in [3.8, 4) is 0 Å². The molecule has 38 heavy (non-hydrogen) atoms. The van der Waals surface area contributed by atoms with Gasteiger partial charge in [0, 0.05) is 13.1 Å². The van der Waals surface area contributed by atoms with Crippen molar-refractivity contribution < 1.29 is 23.9 Å². The molecule has 6 rings (SSSR count). The number of carboxylic acid groups (broad SMARTS) is 1. The average molecular weight is 516 g/mol. The van der Waals surface area contributed by atoms with Gasteiger partial charge in [0.25, 0.3) is 22.9 Å². The monoisotopic (exact) mass is 516 g/mol. The van der Waals surface area contributed by atoms with E-state index in [9.17, 15) is 38.7 Å². The van der Waals surface area contributed by atoms with Gasteiger partial charge in [-0.1, -0.05) is 6.42 Å². The second kappa shape index (κ2) is 8.44. The van der Waals surface area contributed by atoms with Gasteiger partial charge in [0.2, 0.25) is 0 Å². The molecule has 0 radical (unpaired) electrons. The number of hydrogen-bond acceptors (Lipinski definition) is 8. The first-order chi connectivity index (χ1) is 18.1. The van der Waals surface area contributed by atoms with Gasteiger partial charge in [0.15, 0.2) is 0 Å². The third kappa shape index (κ3) is 3.53. The van der Waals surface area contributed by atoms with Crippen LogP contribution in [0.3, 0.4) is 0 Å². The summed E-state index contributed by atoms with van der Waals surface area (Å²) in [4.78, 5) is 88.0. The summed E-state index contributed by atoms with van der Waals surface area (Å²) < 4.78 is 5.68. The van der Waals surface area contributed by atoms with Gasteiger partial charge in [-0.05, 0) is 61.4 Å². The molecule has 1 aliphatic heterocycles. The Morgan fingerprint density at radius 3 is 1.97 bits per heavy atom. The van der Waals surface area contributed by atoms with Crippen molar-refractivity contribution in [3.63, 3.8) is 0 Å². The number of benzene rings is 2. The average Bonchev–Trinajstić information content (AvgIpc) is 3.41. The zero-order valence-electron chi connectivity index (χ0n) is 19.9. The summed E-state index contributed by atoms with van der Waals surface area (Å²) in [5.74, 6) is -2.31. The summed E-state index contributed by atoms with van der Waals surface area (Å²) in [7, 11) is 0. The number of carbonyl (C=O) groups excluding carboxylic acids is 2. The molecule has 2 unspecified atom stereocenters. The highest BCUT2D eigenvalue weighted by Gasteiger charge is 2.38. The van der Waals surface area contributed by atoms with Crippen molar-refractivity contribution in [2.45, 2.75) is 32.2 Å². The van der Waals surface area contributed by atoms with Crippen molar-refractivity contribution in [2.24, 2.45) is 11.8 Å². The summed E-state index contributed by atoms with van der Waals surface area (Å²) in [6, 6.07) is 6.34. The number of hydrogen-bond donors (Lipinski definition) is 1. The molecule has 1 saturated carbocycles. The predicted molar refractivity (Wildman–Crippen MR) is 133 cm³/mol. The van der Waals surface area contributed by atoms with Gasteiger partial charge in [0.1, 0.15) is 0 Å². The summed E-state index contributed by atoms with van der Waals surface area (Å²) in [5, 5.41) is 9.24. The van der Waals surface area contributed by atoms with Crippen LogP contribution >= 0.6 is 0 Å². The fraction of sp³-hybridized carbons (Fsp3) is 0.296. The normalized spacial score (nSPS) is 19.5. The standard InChI is InChI=1S/C27H20N2O9/c30-21-15-5-4-14(25(34)35)7-16(15)22(31)28(21)10-12-2-1-3-13(6-12)11-29-23(32)17-8-19-20(9-18(17)24(29)33)27(37)38-26(19)36/h4-5,7-9,12-13H,1-3,6,10-11H2,(H,34,35). The van der Waals surface area contributed by atoms with Crippen LogP contribution in [0.25, 0.3) is 21.5 Å². The van der Waals surface area contributed by atoms with E-state index in [4.69, 9.17) is 0 Å². The minimum atomic E-state index is -1.19. The molecule has 2 amide bonds. The number of aromatic nitrogens is 1. The Morgan fingerprint density at radius 2 is 1.37 bits per heavy atom.